The van der Waals surface area contributed by atoms with E-state index in [1.165, 1.54) is 11.3 Å². The molecule has 4 heteroatoms. The van der Waals surface area contributed by atoms with Gasteiger partial charge in [0.05, 0.1) is 11.1 Å². The van der Waals surface area contributed by atoms with E-state index in [1.54, 1.807) is 13.1 Å². The van der Waals surface area contributed by atoms with Crippen LogP contribution in [0.4, 0.5) is 5.13 Å². The number of aromatic nitrogens is 1. The second-order valence-corrected chi connectivity index (χ2v) is 5.18. The lowest BCUT2D eigenvalue weighted by Crippen LogP contribution is -2.19. The molecule has 0 fully saturated rings. The third-order valence-electron chi connectivity index (χ3n) is 2.21. The highest BCUT2D eigenvalue weighted by Crippen LogP contribution is 2.22. The van der Waals surface area contributed by atoms with Gasteiger partial charge in [-0.1, -0.05) is 25.2 Å². The summed E-state index contributed by atoms with van der Waals surface area (Å²) in [5, 5.41) is 0.931. The van der Waals surface area contributed by atoms with Crippen molar-refractivity contribution >= 4 is 22.3 Å². The Balaban J connectivity index is 2.58. The maximum Gasteiger partial charge on any atom is 0.185 e. The third kappa shape index (κ3) is 3.63. The lowest BCUT2D eigenvalue weighted by molar-refractivity contribution is 0.102. The predicted octanol–water partition coefficient (Wildman–Crippen LogP) is 2.83. The fourth-order valence-corrected chi connectivity index (χ4v) is 1.95. The molecule has 0 atom stereocenters. The van der Waals surface area contributed by atoms with Crippen LogP contribution in [-0.4, -0.2) is 24.4 Å². The van der Waals surface area contributed by atoms with E-state index in [-0.39, 0.29) is 5.78 Å². The van der Waals surface area contributed by atoms with Gasteiger partial charge in [0.2, 0.25) is 0 Å². The van der Waals surface area contributed by atoms with Crippen molar-refractivity contribution in [3.05, 3.63) is 11.1 Å². The quantitative estimate of drug-likeness (QED) is 0.724. The summed E-state index contributed by atoms with van der Waals surface area (Å²) in [6, 6.07) is 0. The van der Waals surface area contributed by atoms with Crippen LogP contribution in [0, 0.1) is 5.92 Å². The van der Waals surface area contributed by atoms with E-state index < -0.39 is 0 Å². The van der Waals surface area contributed by atoms with Gasteiger partial charge in [0.25, 0.3) is 0 Å². The van der Waals surface area contributed by atoms with Gasteiger partial charge in [0.15, 0.2) is 10.9 Å². The molecule has 0 unspecified atom stereocenters. The van der Waals surface area contributed by atoms with Gasteiger partial charge in [-0.05, 0) is 12.3 Å². The minimum atomic E-state index is 0.0935. The molecule has 1 rings (SSSR count). The number of nitrogens with zero attached hydrogens (tertiary/aromatic N) is 2. The fraction of sp³-hybridized carbons (Fsp3) is 0.636. The Hall–Kier alpha value is -0.900. The molecule has 0 saturated carbocycles. The van der Waals surface area contributed by atoms with Crippen molar-refractivity contribution in [2.45, 2.75) is 27.2 Å². The number of hydrogen-bond donors (Lipinski definition) is 0. The monoisotopic (exact) mass is 226 g/mol. The number of thiazole rings is 1. The zero-order chi connectivity index (χ0) is 11.4. The summed E-state index contributed by atoms with van der Waals surface area (Å²) in [4.78, 5) is 18.2. The molecule has 0 spiro atoms. The van der Waals surface area contributed by atoms with E-state index in [1.807, 2.05) is 7.05 Å². The number of rotatable bonds is 5. The minimum Gasteiger partial charge on any atom is -0.351 e. The topological polar surface area (TPSA) is 33.2 Å². The summed E-state index contributed by atoms with van der Waals surface area (Å²) in [5.74, 6) is 0.788. The van der Waals surface area contributed by atoms with Crippen LogP contribution in [0.25, 0.3) is 0 Å². The molecule has 0 aliphatic carbocycles. The predicted molar refractivity (Wildman–Crippen MR) is 64.8 cm³/mol. The number of hydrogen-bond acceptors (Lipinski definition) is 4. The average molecular weight is 226 g/mol. The minimum absolute atomic E-state index is 0.0935. The SMILES string of the molecule is CC(=O)c1cnc(N(C)CCC(C)C)s1. The van der Waals surface area contributed by atoms with Crippen LogP contribution in [0.5, 0.6) is 0 Å². The summed E-state index contributed by atoms with van der Waals surface area (Å²) in [5.41, 5.74) is 0. The molecule has 0 N–H and O–H groups in total. The van der Waals surface area contributed by atoms with Crippen molar-refractivity contribution in [2.24, 2.45) is 5.92 Å². The first-order valence-electron chi connectivity index (χ1n) is 5.18. The van der Waals surface area contributed by atoms with Gasteiger partial charge in [-0.15, -0.1) is 0 Å². The van der Waals surface area contributed by atoms with Gasteiger partial charge in [-0.25, -0.2) is 4.98 Å². The third-order valence-corrected chi connectivity index (χ3v) is 3.42. The van der Waals surface area contributed by atoms with Gasteiger partial charge in [-0.3, -0.25) is 4.79 Å². The normalized spacial score (nSPS) is 10.7. The van der Waals surface area contributed by atoms with Crippen LogP contribution in [0.15, 0.2) is 6.20 Å². The maximum atomic E-state index is 11.1. The number of ketones is 1. The van der Waals surface area contributed by atoms with Crippen molar-refractivity contribution in [2.75, 3.05) is 18.5 Å². The lowest BCUT2D eigenvalue weighted by atomic mass is 10.1. The molecule has 0 radical (unpaired) electrons. The van der Waals surface area contributed by atoms with Crippen molar-refractivity contribution in [3.63, 3.8) is 0 Å². The molecule has 3 nitrogen and oxygen atoms in total. The Kier molecular flexibility index (Phi) is 4.27. The van der Waals surface area contributed by atoms with E-state index in [2.05, 4.69) is 23.7 Å². The molecule has 84 valence electrons. The second-order valence-electron chi connectivity index (χ2n) is 4.17. The smallest absolute Gasteiger partial charge is 0.185 e. The van der Waals surface area contributed by atoms with Crippen LogP contribution in [0.1, 0.15) is 36.9 Å². The summed E-state index contributed by atoms with van der Waals surface area (Å²) in [6.45, 7) is 6.97. The Morgan fingerprint density at radius 1 is 1.60 bits per heavy atom. The fourth-order valence-electron chi connectivity index (χ4n) is 1.15. The van der Waals surface area contributed by atoms with E-state index in [0.29, 0.717) is 5.92 Å². The first-order valence-corrected chi connectivity index (χ1v) is 6.00. The van der Waals surface area contributed by atoms with Gasteiger partial charge in [0.1, 0.15) is 0 Å². The van der Waals surface area contributed by atoms with E-state index in [4.69, 9.17) is 0 Å². The summed E-state index contributed by atoms with van der Waals surface area (Å²) in [7, 11) is 2.02. The molecule has 15 heavy (non-hydrogen) atoms. The largest absolute Gasteiger partial charge is 0.351 e. The lowest BCUT2D eigenvalue weighted by Gasteiger charge is -2.16. The van der Waals surface area contributed by atoms with Crippen molar-refractivity contribution < 1.29 is 4.79 Å². The van der Waals surface area contributed by atoms with E-state index in [0.717, 1.165) is 23.0 Å². The molecule has 0 bridgehead atoms. The highest BCUT2D eigenvalue weighted by atomic mass is 32.1. The highest BCUT2D eigenvalue weighted by molar-refractivity contribution is 7.17. The Labute approximate surface area is 95.1 Å². The zero-order valence-corrected chi connectivity index (χ0v) is 10.6. The molecule has 1 aromatic rings. The van der Waals surface area contributed by atoms with Crippen LogP contribution in [0.2, 0.25) is 0 Å². The molecule has 0 saturated heterocycles. The van der Waals surface area contributed by atoms with Gasteiger partial charge in [0, 0.05) is 20.5 Å². The first kappa shape index (κ1) is 12.2. The van der Waals surface area contributed by atoms with Crippen molar-refractivity contribution in [3.8, 4) is 0 Å². The van der Waals surface area contributed by atoms with E-state index >= 15 is 0 Å². The van der Waals surface area contributed by atoms with Crippen LogP contribution in [0.3, 0.4) is 0 Å². The van der Waals surface area contributed by atoms with Crippen molar-refractivity contribution in [1.82, 2.24) is 4.98 Å². The van der Waals surface area contributed by atoms with Gasteiger partial charge >= 0.3 is 0 Å². The summed E-state index contributed by atoms with van der Waals surface area (Å²) < 4.78 is 0. The molecule has 0 aliphatic rings. The molecular weight excluding hydrogens is 208 g/mol. The standard InChI is InChI=1S/C11H18N2OS/c1-8(2)5-6-13(4)11-12-7-10(15-11)9(3)14/h7-8H,5-6H2,1-4H3. The molecule has 0 aromatic carbocycles. The number of anilines is 1. The van der Waals surface area contributed by atoms with E-state index in [9.17, 15) is 4.79 Å². The van der Waals surface area contributed by atoms with Gasteiger partial charge in [-0.2, -0.15) is 0 Å². The van der Waals surface area contributed by atoms with Crippen LogP contribution in [-0.2, 0) is 0 Å². The van der Waals surface area contributed by atoms with Crippen LogP contribution < -0.4 is 4.90 Å². The van der Waals surface area contributed by atoms with Crippen molar-refractivity contribution in [1.29, 1.82) is 0 Å². The first-order chi connectivity index (χ1) is 7.00. The molecule has 0 amide bonds. The Morgan fingerprint density at radius 2 is 2.27 bits per heavy atom. The number of carbonyl (C=O) groups excluding carboxylic acids is 1. The molecular formula is C11H18N2OS. The van der Waals surface area contributed by atoms with Crippen LogP contribution >= 0.6 is 11.3 Å². The summed E-state index contributed by atoms with van der Waals surface area (Å²) >= 11 is 1.47. The second kappa shape index (κ2) is 5.26. The molecule has 1 heterocycles. The zero-order valence-electron chi connectivity index (χ0n) is 9.78. The molecule has 1 aromatic heterocycles. The Morgan fingerprint density at radius 3 is 2.73 bits per heavy atom. The summed E-state index contributed by atoms with van der Waals surface area (Å²) in [6.07, 6.45) is 2.81. The van der Waals surface area contributed by atoms with Gasteiger partial charge < -0.3 is 4.90 Å². The highest BCUT2D eigenvalue weighted by Gasteiger charge is 2.09. The number of carbonyl (C=O) groups is 1. The average Bonchev–Trinajstić information content (AvgIpc) is 2.62. The Bertz CT molecular complexity index is 333. The molecule has 0 aliphatic heterocycles. The number of Topliss-reactive ketones (excluding diaryl/α,β-unsaturated/α-hetero) is 1. The maximum absolute atomic E-state index is 11.1.